The maximum atomic E-state index is 12.5. The number of rotatable bonds is 5. The second-order valence-electron chi connectivity index (χ2n) is 4.27. The van der Waals surface area contributed by atoms with Crippen molar-refractivity contribution in [3.05, 3.63) is 34.5 Å². The Balaban J connectivity index is 2.48. The molecule has 5 nitrogen and oxygen atoms in total. The van der Waals surface area contributed by atoms with Gasteiger partial charge in [0.1, 0.15) is 5.75 Å². The molecule has 0 aliphatic rings. The number of hydrogen-bond donors (Lipinski definition) is 1. The number of methoxy groups -OCH3 is 1. The summed E-state index contributed by atoms with van der Waals surface area (Å²) in [6.07, 6.45) is 0. The number of halogens is 3. The molecular formula is C13H11F3O5S2. The van der Waals surface area contributed by atoms with Crippen molar-refractivity contribution in [1.82, 2.24) is 0 Å². The summed E-state index contributed by atoms with van der Waals surface area (Å²) < 4.78 is 69.2. The second-order valence-corrected chi connectivity index (χ2v) is 6.77. The van der Waals surface area contributed by atoms with Crippen molar-refractivity contribution >= 4 is 21.5 Å². The highest BCUT2D eigenvalue weighted by molar-refractivity contribution is 7.88. The van der Waals surface area contributed by atoms with Crippen LogP contribution in [0.4, 0.5) is 13.2 Å². The molecule has 0 atom stereocenters. The third kappa shape index (κ3) is 3.59. The van der Waals surface area contributed by atoms with Gasteiger partial charge in [0.2, 0.25) is 0 Å². The Kier molecular flexibility index (Phi) is 4.87. The zero-order valence-corrected chi connectivity index (χ0v) is 13.3. The van der Waals surface area contributed by atoms with Crippen LogP contribution in [0.15, 0.2) is 29.6 Å². The minimum atomic E-state index is -5.83. The number of ether oxygens (including phenoxy) is 1. The zero-order chi connectivity index (χ0) is 17.3. The van der Waals surface area contributed by atoms with Crippen LogP contribution in [0.2, 0.25) is 0 Å². The lowest BCUT2D eigenvalue weighted by atomic mass is 10.1. The third-order valence-electron chi connectivity index (χ3n) is 2.84. The van der Waals surface area contributed by atoms with Crippen molar-refractivity contribution in [3.63, 3.8) is 0 Å². The van der Waals surface area contributed by atoms with Gasteiger partial charge in [-0.05, 0) is 17.7 Å². The monoisotopic (exact) mass is 368 g/mol. The Morgan fingerprint density at radius 1 is 1.22 bits per heavy atom. The standard InChI is InChI=1S/C13H11F3O5S2/c1-20-9-4-2-8(3-5-9)10-7-22-11(6-17)12(10)21-23(18,19)13(14,15)16/h2-5,7,17H,6H2,1H3. The molecule has 0 aliphatic carbocycles. The SMILES string of the molecule is COc1ccc(-c2csc(CO)c2OS(=O)(=O)C(F)(F)F)cc1. The van der Waals surface area contributed by atoms with E-state index in [-0.39, 0.29) is 10.4 Å². The van der Waals surface area contributed by atoms with Crippen LogP contribution in [0.1, 0.15) is 4.88 Å². The average molecular weight is 368 g/mol. The largest absolute Gasteiger partial charge is 0.534 e. The van der Waals surface area contributed by atoms with Crippen LogP contribution in [0.25, 0.3) is 11.1 Å². The summed E-state index contributed by atoms with van der Waals surface area (Å²) in [6.45, 7) is -0.649. The summed E-state index contributed by atoms with van der Waals surface area (Å²) in [4.78, 5) is -0.0244. The predicted molar refractivity (Wildman–Crippen MR) is 77.8 cm³/mol. The molecule has 1 aromatic carbocycles. The Morgan fingerprint density at radius 2 is 1.83 bits per heavy atom. The minimum Gasteiger partial charge on any atom is -0.497 e. The van der Waals surface area contributed by atoms with Crippen LogP contribution in [-0.2, 0) is 16.7 Å². The molecular weight excluding hydrogens is 357 g/mol. The van der Waals surface area contributed by atoms with E-state index in [4.69, 9.17) is 4.74 Å². The highest BCUT2D eigenvalue weighted by Crippen LogP contribution is 2.41. The smallest absolute Gasteiger partial charge is 0.497 e. The number of aliphatic hydroxyl groups excluding tert-OH is 1. The molecule has 126 valence electrons. The highest BCUT2D eigenvalue weighted by Gasteiger charge is 2.49. The van der Waals surface area contributed by atoms with Gasteiger partial charge in [0.05, 0.1) is 18.6 Å². The Morgan fingerprint density at radius 3 is 2.30 bits per heavy atom. The zero-order valence-electron chi connectivity index (χ0n) is 11.6. The van der Waals surface area contributed by atoms with Crippen molar-refractivity contribution in [2.24, 2.45) is 0 Å². The molecule has 2 rings (SSSR count). The molecule has 2 aromatic rings. The number of thiophene rings is 1. The molecule has 1 aromatic heterocycles. The van der Waals surface area contributed by atoms with E-state index in [1.807, 2.05) is 0 Å². The number of hydrogen-bond acceptors (Lipinski definition) is 6. The maximum absolute atomic E-state index is 12.5. The van der Waals surface area contributed by atoms with Crippen LogP contribution in [-0.4, -0.2) is 26.1 Å². The van der Waals surface area contributed by atoms with Crippen molar-refractivity contribution in [2.45, 2.75) is 12.1 Å². The fourth-order valence-corrected chi connectivity index (χ4v) is 3.11. The first-order valence-electron chi connectivity index (χ1n) is 6.06. The first-order chi connectivity index (χ1) is 10.7. The molecule has 0 radical (unpaired) electrons. The summed E-state index contributed by atoms with van der Waals surface area (Å²) in [5.41, 5.74) is -5.00. The van der Waals surface area contributed by atoms with Crippen molar-refractivity contribution in [3.8, 4) is 22.6 Å². The minimum absolute atomic E-state index is 0.0244. The molecule has 0 bridgehead atoms. The van der Waals surface area contributed by atoms with Crippen LogP contribution in [0.3, 0.4) is 0 Å². The predicted octanol–water partition coefficient (Wildman–Crippen LogP) is 3.14. The van der Waals surface area contributed by atoms with Gasteiger partial charge in [-0.2, -0.15) is 21.6 Å². The first-order valence-corrected chi connectivity index (χ1v) is 8.35. The van der Waals surface area contributed by atoms with Gasteiger partial charge in [-0.25, -0.2) is 0 Å². The summed E-state index contributed by atoms with van der Waals surface area (Å²) >= 11 is 0.894. The second kappa shape index (κ2) is 6.38. The number of aliphatic hydroxyl groups is 1. The lowest BCUT2D eigenvalue weighted by molar-refractivity contribution is -0.0500. The van der Waals surface area contributed by atoms with Gasteiger partial charge >= 0.3 is 15.6 Å². The topological polar surface area (TPSA) is 72.8 Å². The molecule has 10 heteroatoms. The van der Waals surface area contributed by atoms with E-state index in [9.17, 15) is 26.7 Å². The van der Waals surface area contributed by atoms with Crippen molar-refractivity contribution < 1.29 is 35.6 Å². The van der Waals surface area contributed by atoms with Gasteiger partial charge in [-0.15, -0.1) is 11.3 Å². The molecule has 0 saturated carbocycles. The van der Waals surface area contributed by atoms with Gasteiger partial charge in [0.25, 0.3) is 0 Å². The van der Waals surface area contributed by atoms with Crippen LogP contribution in [0.5, 0.6) is 11.5 Å². The lowest BCUT2D eigenvalue weighted by Crippen LogP contribution is -2.28. The summed E-state index contributed by atoms with van der Waals surface area (Å²) in [5, 5.41) is 10.6. The van der Waals surface area contributed by atoms with E-state index in [2.05, 4.69) is 4.18 Å². The van der Waals surface area contributed by atoms with Gasteiger partial charge < -0.3 is 14.0 Å². The fraction of sp³-hybridized carbons (Fsp3) is 0.231. The molecule has 0 saturated heterocycles. The fourth-order valence-electron chi connectivity index (χ4n) is 1.71. The Hall–Kier alpha value is -1.78. The van der Waals surface area contributed by atoms with Crippen LogP contribution in [0, 0.1) is 0 Å². The Bertz CT molecular complexity index is 779. The van der Waals surface area contributed by atoms with E-state index in [0.717, 1.165) is 11.3 Å². The van der Waals surface area contributed by atoms with Crippen LogP contribution >= 0.6 is 11.3 Å². The lowest BCUT2D eigenvalue weighted by Gasteiger charge is -2.12. The highest BCUT2D eigenvalue weighted by atomic mass is 32.2. The number of benzene rings is 1. The molecule has 23 heavy (non-hydrogen) atoms. The summed E-state index contributed by atoms with van der Waals surface area (Å²) in [5.74, 6) is -0.00302. The molecule has 0 fully saturated rings. The molecule has 0 unspecified atom stereocenters. The normalized spacial score (nSPS) is 12.2. The Labute approximate surface area is 134 Å². The van der Waals surface area contributed by atoms with Gasteiger partial charge in [0.15, 0.2) is 5.75 Å². The summed E-state index contributed by atoms with van der Waals surface area (Å²) in [6, 6.07) is 6.20. The maximum Gasteiger partial charge on any atom is 0.534 e. The van der Waals surface area contributed by atoms with E-state index < -0.39 is 28.0 Å². The number of alkyl halides is 3. The molecule has 0 spiro atoms. The van der Waals surface area contributed by atoms with Gasteiger partial charge in [-0.3, -0.25) is 0 Å². The quantitative estimate of drug-likeness (QED) is 0.648. The molecule has 0 aliphatic heterocycles. The van der Waals surface area contributed by atoms with E-state index in [1.54, 1.807) is 12.1 Å². The van der Waals surface area contributed by atoms with Crippen molar-refractivity contribution in [1.29, 1.82) is 0 Å². The van der Waals surface area contributed by atoms with E-state index in [1.165, 1.54) is 24.6 Å². The molecule has 0 amide bonds. The molecule has 1 heterocycles. The van der Waals surface area contributed by atoms with Gasteiger partial charge in [0, 0.05) is 10.9 Å². The van der Waals surface area contributed by atoms with E-state index in [0.29, 0.717) is 11.3 Å². The van der Waals surface area contributed by atoms with Gasteiger partial charge in [-0.1, -0.05) is 12.1 Å². The summed E-state index contributed by atoms with van der Waals surface area (Å²) in [7, 11) is -4.37. The molecule has 1 N–H and O–H groups in total. The first kappa shape index (κ1) is 17.6. The van der Waals surface area contributed by atoms with Crippen LogP contribution < -0.4 is 8.92 Å². The van der Waals surface area contributed by atoms with E-state index >= 15 is 0 Å². The third-order valence-corrected chi connectivity index (χ3v) is 4.74. The average Bonchev–Trinajstić information content (AvgIpc) is 2.88. The van der Waals surface area contributed by atoms with Crippen molar-refractivity contribution in [2.75, 3.05) is 7.11 Å².